The van der Waals surface area contributed by atoms with Gasteiger partial charge in [0.15, 0.2) is 5.78 Å². The number of aryl methyl sites for hydroxylation is 4. The largest absolute Gasteiger partial charge is 0.490 e. The maximum absolute atomic E-state index is 13.2. The van der Waals surface area contributed by atoms with E-state index in [9.17, 15) is 9.90 Å². The Labute approximate surface area is 195 Å². The van der Waals surface area contributed by atoms with Crippen LogP contribution in [0, 0.1) is 18.3 Å². The van der Waals surface area contributed by atoms with Crippen molar-refractivity contribution in [1.82, 2.24) is 0 Å². The van der Waals surface area contributed by atoms with Gasteiger partial charge in [0.25, 0.3) is 0 Å². The van der Waals surface area contributed by atoms with Crippen molar-refractivity contribution in [3.05, 3.63) is 49.7 Å². The molecule has 2 aliphatic carbocycles. The summed E-state index contributed by atoms with van der Waals surface area (Å²) in [6, 6.07) is 4.27. The highest BCUT2D eigenvalue weighted by Gasteiger charge is 2.63. The molecule has 174 valence electrons. The molecule has 3 atom stereocenters. The quantitative estimate of drug-likeness (QED) is 0.493. The summed E-state index contributed by atoms with van der Waals surface area (Å²) in [5, 5.41) is 18.7. The van der Waals surface area contributed by atoms with E-state index in [1.807, 2.05) is 0 Å². The Morgan fingerprint density at radius 3 is 2.50 bits per heavy atom. The summed E-state index contributed by atoms with van der Waals surface area (Å²) in [5.41, 5.74) is 6.58. The molecule has 4 rings (SSSR count). The molecule has 5 heteroatoms. The second kappa shape index (κ2) is 8.92. The molecular weight excluding hydrogens is 420 g/mol. The predicted octanol–water partition coefficient (Wildman–Crippen LogP) is 5.02. The number of aliphatic hydroxyl groups excluding tert-OH is 2. The third-order valence-electron chi connectivity index (χ3n) is 7.61. The van der Waals surface area contributed by atoms with Crippen molar-refractivity contribution in [2.24, 2.45) is 11.3 Å². The number of carbonyl (C=O) groups excluding carboxylic acids is 1. The van der Waals surface area contributed by atoms with Crippen LogP contribution < -0.4 is 4.74 Å². The van der Waals surface area contributed by atoms with Gasteiger partial charge < -0.3 is 14.9 Å². The minimum absolute atomic E-state index is 0.0793. The Balaban J connectivity index is 1.48. The molecule has 1 aromatic heterocycles. The normalized spacial score (nSPS) is 21.2. The summed E-state index contributed by atoms with van der Waals surface area (Å²) >= 11 is 1.71. The van der Waals surface area contributed by atoms with Gasteiger partial charge in [0.2, 0.25) is 0 Å². The van der Waals surface area contributed by atoms with Crippen molar-refractivity contribution in [2.45, 2.75) is 78.7 Å². The molecule has 2 aromatic rings. The number of aliphatic hydroxyl groups is 2. The number of hydrogen-bond acceptors (Lipinski definition) is 5. The number of ketones is 1. The van der Waals surface area contributed by atoms with Crippen LogP contribution in [0.15, 0.2) is 12.1 Å². The first-order valence-corrected chi connectivity index (χ1v) is 12.8. The fourth-order valence-corrected chi connectivity index (χ4v) is 6.84. The molecular formula is C27H36O4S. The third-order valence-corrected chi connectivity index (χ3v) is 8.81. The van der Waals surface area contributed by atoms with E-state index in [1.54, 1.807) is 11.3 Å². The molecule has 0 amide bonds. The van der Waals surface area contributed by atoms with Crippen molar-refractivity contribution < 1.29 is 19.7 Å². The number of carbonyl (C=O) groups is 1. The zero-order chi connectivity index (χ0) is 23.2. The molecule has 0 bridgehead atoms. The summed E-state index contributed by atoms with van der Waals surface area (Å²) in [4.78, 5) is 15.5. The average Bonchev–Trinajstić information content (AvgIpc) is 3.10. The van der Waals surface area contributed by atoms with Gasteiger partial charge in [-0.1, -0.05) is 39.8 Å². The molecule has 1 aromatic carbocycles. The minimum Gasteiger partial charge on any atom is -0.490 e. The van der Waals surface area contributed by atoms with Gasteiger partial charge in [-0.15, -0.1) is 11.3 Å². The number of fused-ring (bicyclic) bond motifs is 3. The molecule has 2 aliphatic rings. The number of Topliss-reactive ketones (excluding diaryl/α,β-unsaturated/α-hetero) is 1. The second-order valence-electron chi connectivity index (χ2n) is 10.0. The van der Waals surface area contributed by atoms with Crippen molar-refractivity contribution >= 4 is 17.1 Å². The predicted molar refractivity (Wildman–Crippen MR) is 129 cm³/mol. The van der Waals surface area contributed by atoms with Crippen LogP contribution >= 0.6 is 11.3 Å². The van der Waals surface area contributed by atoms with Crippen LogP contribution in [0.25, 0.3) is 0 Å². The van der Waals surface area contributed by atoms with Gasteiger partial charge >= 0.3 is 0 Å². The number of benzene rings is 1. The SMILES string of the molecule is CCc1cc(CCC(=O)c2sc(C)c3c2C[C@@H]2[C@H]3C2(C)C)cc(CC)c1OC[C@@H](O)CO. The zero-order valence-electron chi connectivity index (χ0n) is 20.0. The first kappa shape index (κ1) is 23.5. The molecule has 1 saturated carbocycles. The lowest BCUT2D eigenvalue weighted by molar-refractivity contribution is 0.0530. The van der Waals surface area contributed by atoms with Crippen LogP contribution in [-0.4, -0.2) is 35.3 Å². The molecule has 4 nitrogen and oxygen atoms in total. The van der Waals surface area contributed by atoms with E-state index in [-0.39, 0.29) is 19.0 Å². The zero-order valence-corrected chi connectivity index (χ0v) is 20.8. The van der Waals surface area contributed by atoms with E-state index < -0.39 is 6.10 Å². The summed E-state index contributed by atoms with van der Waals surface area (Å²) in [6.45, 7) is 10.8. The van der Waals surface area contributed by atoms with Crippen LogP contribution in [0.4, 0.5) is 0 Å². The molecule has 0 radical (unpaired) electrons. The maximum atomic E-state index is 13.2. The van der Waals surface area contributed by atoms with Gasteiger partial charge in [0, 0.05) is 11.3 Å². The second-order valence-corrected chi connectivity index (χ2v) is 11.2. The Bertz CT molecular complexity index is 994. The Hall–Kier alpha value is -1.69. The lowest BCUT2D eigenvalue weighted by Gasteiger charge is -2.18. The van der Waals surface area contributed by atoms with Crippen LogP contribution in [-0.2, 0) is 25.7 Å². The highest BCUT2D eigenvalue weighted by atomic mass is 32.1. The van der Waals surface area contributed by atoms with Crippen molar-refractivity contribution in [3.8, 4) is 5.75 Å². The topological polar surface area (TPSA) is 66.8 Å². The first-order valence-electron chi connectivity index (χ1n) is 11.9. The smallest absolute Gasteiger partial charge is 0.173 e. The number of thiophene rings is 1. The van der Waals surface area contributed by atoms with E-state index in [4.69, 9.17) is 9.84 Å². The monoisotopic (exact) mass is 456 g/mol. The average molecular weight is 457 g/mol. The Morgan fingerprint density at radius 1 is 1.25 bits per heavy atom. The van der Waals surface area contributed by atoms with E-state index in [2.05, 4.69) is 46.8 Å². The molecule has 2 N–H and O–H groups in total. The van der Waals surface area contributed by atoms with Gasteiger partial charge in [-0.3, -0.25) is 4.79 Å². The van der Waals surface area contributed by atoms with Crippen LogP contribution in [0.5, 0.6) is 5.75 Å². The minimum atomic E-state index is -0.880. The van der Waals surface area contributed by atoms with Gasteiger partial charge in [-0.2, -0.15) is 0 Å². The van der Waals surface area contributed by atoms with Gasteiger partial charge in [-0.05, 0) is 77.7 Å². The molecule has 1 heterocycles. The molecule has 0 saturated heterocycles. The van der Waals surface area contributed by atoms with Gasteiger partial charge in [0.1, 0.15) is 18.5 Å². The van der Waals surface area contributed by atoms with Crippen LogP contribution in [0.2, 0.25) is 0 Å². The summed E-state index contributed by atoms with van der Waals surface area (Å²) in [7, 11) is 0. The number of hydrogen-bond donors (Lipinski definition) is 2. The standard InChI is InChI=1S/C27H36O4S/c1-6-17-10-16(11-18(7-2)25(17)31-14-19(29)13-28)8-9-22(30)26-20-12-21-24(27(21,4)5)23(20)15(3)32-26/h10-11,19,21,24,28-29H,6-9,12-14H2,1-5H3/t19-,21+,24+/m0/s1. The molecule has 0 unspecified atom stereocenters. The van der Waals surface area contributed by atoms with Crippen molar-refractivity contribution in [2.75, 3.05) is 13.2 Å². The molecule has 0 aliphatic heterocycles. The lowest BCUT2D eigenvalue weighted by Crippen LogP contribution is -2.22. The van der Waals surface area contributed by atoms with E-state index in [0.717, 1.165) is 58.9 Å². The Kier molecular flexibility index (Phi) is 6.54. The summed E-state index contributed by atoms with van der Waals surface area (Å²) < 4.78 is 5.86. The molecule has 1 fully saturated rings. The maximum Gasteiger partial charge on any atom is 0.173 e. The van der Waals surface area contributed by atoms with Crippen molar-refractivity contribution in [3.63, 3.8) is 0 Å². The highest BCUT2D eigenvalue weighted by molar-refractivity contribution is 7.14. The highest BCUT2D eigenvalue weighted by Crippen LogP contribution is 2.71. The van der Waals surface area contributed by atoms with Gasteiger partial charge in [-0.25, -0.2) is 0 Å². The summed E-state index contributed by atoms with van der Waals surface area (Å²) in [6.07, 6.45) is 3.08. The van der Waals surface area contributed by atoms with Crippen LogP contribution in [0.3, 0.4) is 0 Å². The lowest BCUT2D eigenvalue weighted by atomic mass is 9.93. The number of ether oxygens (including phenoxy) is 1. The Morgan fingerprint density at radius 2 is 1.91 bits per heavy atom. The fourth-order valence-electron chi connectivity index (χ4n) is 5.64. The van der Waals surface area contributed by atoms with E-state index in [1.165, 1.54) is 16.0 Å². The van der Waals surface area contributed by atoms with E-state index >= 15 is 0 Å². The fraction of sp³-hybridized carbons (Fsp3) is 0.593. The summed E-state index contributed by atoms with van der Waals surface area (Å²) in [5.74, 6) is 2.47. The van der Waals surface area contributed by atoms with Crippen molar-refractivity contribution in [1.29, 1.82) is 0 Å². The third kappa shape index (κ3) is 4.04. The van der Waals surface area contributed by atoms with E-state index in [0.29, 0.717) is 17.8 Å². The molecule has 32 heavy (non-hydrogen) atoms. The first-order chi connectivity index (χ1) is 15.2. The number of rotatable bonds is 10. The van der Waals surface area contributed by atoms with Crippen LogP contribution in [0.1, 0.15) is 82.4 Å². The molecule has 0 spiro atoms. The van der Waals surface area contributed by atoms with Gasteiger partial charge in [0.05, 0.1) is 11.5 Å².